The molecule has 182 valence electrons. The van der Waals surface area contributed by atoms with Crippen LogP contribution < -0.4 is 0 Å². The van der Waals surface area contributed by atoms with Gasteiger partial charge in [-0.2, -0.15) is 0 Å². The van der Waals surface area contributed by atoms with Crippen molar-refractivity contribution < 1.29 is 0 Å². The number of rotatable bonds is 8. The van der Waals surface area contributed by atoms with E-state index < -0.39 is 0 Å². The first-order chi connectivity index (χ1) is 18.1. The van der Waals surface area contributed by atoms with Gasteiger partial charge in [0.2, 0.25) is 0 Å². The van der Waals surface area contributed by atoms with Crippen LogP contribution in [-0.4, -0.2) is 26.9 Å². The standard InChI is InChI=1S/C18H16Cl2N2Si.C13H11B/c19-16-5-1-3-14(9-16)18(15-4-2-6-17(20)10-15)11-23-13-22-8-7-21-12-22;14-13(11-7-3-1-4-8-11)12-9-5-2-6-10-12/h1-10,12,18H,11,13H2;1-10,13H. The van der Waals surface area contributed by atoms with Crippen LogP contribution in [0.25, 0.3) is 0 Å². The molecule has 1 aromatic heterocycles. The molecule has 0 saturated carbocycles. The van der Waals surface area contributed by atoms with Crippen LogP contribution in [0.15, 0.2) is 128 Å². The van der Waals surface area contributed by atoms with Crippen LogP contribution in [0.1, 0.15) is 34.0 Å². The average Bonchev–Trinajstić information content (AvgIpc) is 3.46. The number of hydrogen-bond donors (Lipinski definition) is 0. The smallest absolute Gasteiger partial charge is 0.0942 e. The fourth-order valence-electron chi connectivity index (χ4n) is 4.11. The van der Waals surface area contributed by atoms with Crippen LogP contribution in [0.4, 0.5) is 0 Å². The molecule has 6 heteroatoms. The summed E-state index contributed by atoms with van der Waals surface area (Å²) in [6, 6.07) is 37.5. The second-order valence-corrected chi connectivity index (χ2v) is 10.7. The van der Waals surface area contributed by atoms with E-state index in [-0.39, 0.29) is 5.82 Å². The number of benzene rings is 4. The Morgan fingerprint density at radius 1 is 0.703 bits per heavy atom. The molecule has 0 aliphatic carbocycles. The number of nitrogens with zero attached hydrogens (tertiary/aromatic N) is 2. The van der Waals surface area contributed by atoms with E-state index in [1.54, 1.807) is 0 Å². The summed E-state index contributed by atoms with van der Waals surface area (Å²) < 4.78 is 2.12. The highest BCUT2D eigenvalue weighted by Gasteiger charge is 2.15. The molecule has 5 rings (SSSR count). The van der Waals surface area contributed by atoms with Crippen LogP contribution in [0, 0.1) is 0 Å². The third kappa shape index (κ3) is 8.23. The summed E-state index contributed by atoms with van der Waals surface area (Å²) in [5.41, 5.74) is 4.77. The fraction of sp³-hybridized carbons (Fsp3) is 0.129. The Labute approximate surface area is 233 Å². The first-order valence-corrected chi connectivity index (χ1v) is 14.3. The van der Waals surface area contributed by atoms with Gasteiger partial charge in [0.05, 0.1) is 23.7 Å². The van der Waals surface area contributed by atoms with Crippen LogP contribution in [0.2, 0.25) is 16.1 Å². The van der Waals surface area contributed by atoms with Gasteiger partial charge in [-0.1, -0.05) is 108 Å². The Morgan fingerprint density at radius 3 is 1.68 bits per heavy atom. The lowest BCUT2D eigenvalue weighted by atomic mass is 9.76. The Morgan fingerprint density at radius 2 is 1.22 bits per heavy atom. The van der Waals surface area contributed by atoms with Crippen LogP contribution in [-0.2, 0) is 6.17 Å². The van der Waals surface area contributed by atoms with E-state index in [1.165, 1.54) is 11.1 Å². The number of aromatic nitrogens is 2. The predicted molar refractivity (Wildman–Crippen MR) is 158 cm³/mol. The lowest BCUT2D eigenvalue weighted by molar-refractivity contribution is 0.844. The van der Waals surface area contributed by atoms with Crippen molar-refractivity contribution in [2.45, 2.75) is 23.9 Å². The van der Waals surface area contributed by atoms with E-state index in [4.69, 9.17) is 31.0 Å². The zero-order chi connectivity index (χ0) is 25.9. The van der Waals surface area contributed by atoms with Crippen molar-refractivity contribution in [1.82, 2.24) is 9.55 Å². The van der Waals surface area contributed by atoms with Gasteiger partial charge in [0, 0.05) is 34.5 Å². The van der Waals surface area contributed by atoms with Crippen molar-refractivity contribution in [3.8, 4) is 0 Å². The molecule has 1 heterocycles. The minimum Gasteiger partial charge on any atom is -0.341 e. The van der Waals surface area contributed by atoms with Gasteiger partial charge in [-0.15, -0.1) is 0 Å². The van der Waals surface area contributed by atoms with E-state index in [2.05, 4.69) is 58.1 Å². The van der Waals surface area contributed by atoms with Crippen molar-refractivity contribution in [3.63, 3.8) is 0 Å². The largest absolute Gasteiger partial charge is 0.341 e. The summed E-state index contributed by atoms with van der Waals surface area (Å²) in [6.45, 7) is 0. The molecule has 4 radical (unpaired) electrons. The van der Waals surface area contributed by atoms with Gasteiger partial charge < -0.3 is 4.57 Å². The molecule has 0 spiro atoms. The van der Waals surface area contributed by atoms with Gasteiger partial charge in [-0.05, 0) is 58.4 Å². The van der Waals surface area contributed by atoms with E-state index in [1.807, 2.05) is 79.4 Å². The number of hydrogen-bond acceptors (Lipinski definition) is 1. The quantitative estimate of drug-likeness (QED) is 0.183. The van der Waals surface area contributed by atoms with Gasteiger partial charge >= 0.3 is 0 Å². The zero-order valence-electron chi connectivity index (χ0n) is 20.4. The Balaban J connectivity index is 0.000000195. The van der Waals surface area contributed by atoms with Crippen molar-refractivity contribution in [2.24, 2.45) is 0 Å². The molecule has 37 heavy (non-hydrogen) atoms. The van der Waals surface area contributed by atoms with Crippen LogP contribution >= 0.6 is 23.2 Å². The molecule has 0 saturated heterocycles. The summed E-state index contributed by atoms with van der Waals surface area (Å²) in [4.78, 5) is 4.09. The lowest BCUT2D eigenvalue weighted by Gasteiger charge is -2.18. The Kier molecular flexibility index (Phi) is 10.2. The molecule has 0 unspecified atom stereocenters. The second kappa shape index (κ2) is 14.0. The average molecular weight is 537 g/mol. The molecule has 0 N–H and O–H groups in total. The number of imidazole rings is 1. The normalized spacial score (nSPS) is 10.8. The van der Waals surface area contributed by atoms with Gasteiger partial charge in [0.1, 0.15) is 0 Å². The molecular formula is C31H27BCl2N2Si. The van der Waals surface area contributed by atoms with Gasteiger partial charge in [-0.25, -0.2) is 4.98 Å². The van der Waals surface area contributed by atoms with Crippen molar-refractivity contribution in [3.05, 3.63) is 160 Å². The van der Waals surface area contributed by atoms with E-state index in [9.17, 15) is 0 Å². The highest BCUT2D eigenvalue weighted by atomic mass is 35.5. The molecule has 0 amide bonds. The fourth-order valence-corrected chi connectivity index (χ4v) is 5.84. The zero-order valence-corrected chi connectivity index (χ0v) is 22.9. The molecule has 0 aliphatic heterocycles. The minimum atomic E-state index is -0.0163. The molecule has 0 aliphatic rings. The minimum absolute atomic E-state index is 0.0163. The first-order valence-electron chi connectivity index (χ1n) is 12.1. The topological polar surface area (TPSA) is 17.8 Å². The molecule has 0 fully saturated rings. The summed E-state index contributed by atoms with van der Waals surface area (Å²) in [7, 11) is 6.90. The number of halogens is 2. The maximum absolute atomic E-state index is 6.19. The van der Waals surface area contributed by atoms with Crippen molar-refractivity contribution >= 4 is 40.6 Å². The SMILES string of the molecule is Clc1cccc(C(C[Si]Cn2ccnc2)c2cccc(Cl)c2)c1.[B]C(c1ccccc1)c1ccccc1. The highest BCUT2D eigenvalue weighted by Crippen LogP contribution is 2.31. The van der Waals surface area contributed by atoms with Crippen LogP contribution in [0.5, 0.6) is 0 Å². The third-order valence-electron chi connectivity index (χ3n) is 6.02. The highest BCUT2D eigenvalue weighted by molar-refractivity contribution is 6.34. The molecule has 2 nitrogen and oxygen atoms in total. The Hall–Kier alpha value is -3.05. The Bertz CT molecular complexity index is 1260. The predicted octanol–water partition coefficient (Wildman–Crippen LogP) is 8.05. The summed E-state index contributed by atoms with van der Waals surface area (Å²) in [6.07, 6.45) is 6.66. The lowest BCUT2D eigenvalue weighted by Crippen LogP contribution is -2.10. The molecule has 0 bridgehead atoms. The molecule has 4 aromatic carbocycles. The van der Waals surface area contributed by atoms with Gasteiger partial charge in [-0.3, -0.25) is 0 Å². The second-order valence-electron chi connectivity index (χ2n) is 8.65. The maximum atomic E-state index is 6.19. The molecule has 5 aromatic rings. The summed E-state index contributed by atoms with van der Waals surface area (Å²) >= 11 is 12.4. The van der Waals surface area contributed by atoms with Crippen LogP contribution in [0.3, 0.4) is 0 Å². The van der Waals surface area contributed by atoms with E-state index in [0.29, 0.717) is 5.92 Å². The third-order valence-corrected chi connectivity index (χ3v) is 7.78. The first kappa shape index (κ1) is 27.0. The van der Waals surface area contributed by atoms with E-state index in [0.717, 1.165) is 42.9 Å². The molecular weight excluding hydrogens is 510 g/mol. The monoisotopic (exact) mass is 536 g/mol. The molecule has 0 atom stereocenters. The van der Waals surface area contributed by atoms with E-state index >= 15 is 0 Å². The van der Waals surface area contributed by atoms with Gasteiger partial charge in [0.15, 0.2) is 0 Å². The maximum Gasteiger partial charge on any atom is 0.0942 e. The summed E-state index contributed by atoms with van der Waals surface area (Å²) in [5, 5.41) is 1.54. The van der Waals surface area contributed by atoms with Crippen molar-refractivity contribution in [1.29, 1.82) is 0 Å². The van der Waals surface area contributed by atoms with Gasteiger partial charge in [0.25, 0.3) is 0 Å². The summed E-state index contributed by atoms with van der Waals surface area (Å²) in [5.74, 6) is 0.284. The van der Waals surface area contributed by atoms with Crippen molar-refractivity contribution in [2.75, 3.05) is 0 Å².